The molecule has 1 fully saturated rings. The monoisotopic (exact) mass is 368 g/mol. The van der Waals surface area contributed by atoms with Gasteiger partial charge >= 0.3 is 0 Å². The Morgan fingerprint density at radius 2 is 1.96 bits per heavy atom. The van der Waals surface area contributed by atoms with Crippen LogP contribution in [-0.4, -0.2) is 36.1 Å². The SMILES string of the molecule is COc1ccc(OCC(=O)N2CCCC2c2nc3ccccc3s2)cc1. The van der Waals surface area contributed by atoms with Crippen LogP contribution in [0, 0.1) is 0 Å². The van der Waals surface area contributed by atoms with Crippen molar-refractivity contribution in [1.82, 2.24) is 9.88 Å². The van der Waals surface area contributed by atoms with Gasteiger partial charge in [-0.05, 0) is 49.2 Å². The number of benzene rings is 2. The Bertz CT molecular complexity index is 874. The molecule has 6 heteroatoms. The number of hydrogen-bond acceptors (Lipinski definition) is 5. The zero-order valence-corrected chi connectivity index (χ0v) is 15.4. The third-order valence-electron chi connectivity index (χ3n) is 4.59. The zero-order chi connectivity index (χ0) is 17.9. The van der Waals surface area contributed by atoms with Gasteiger partial charge in [0.1, 0.15) is 16.5 Å². The van der Waals surface area contributed by atoms with Crippen molar-refractivity contribution in [1.29, 1.82) is 0 Å². The van der Waals surface area contributed by atoms with E-state index in [1.54, 1.807) is 30.6 Å². The Balaban J connectivity index is 1.44. The standard InChI is InChI=1S/C20H20N2O3S/c1-24-14-8-10-15(11-9-14)25-13-19(23)22-12-4-6-17(22)20-21-16-5-2-3-7-18(16)26-20/h2-3,5,7-11,17H,4,6,12-13H2,1H3. The summed E-state index contributed by atoms with van der Waals surface area (Å²) >= 11 is 1.67. The average molecular weight is 368 g/mol. The van der Waals surface area contributed by atoms with Gasteiger partial charge in [-0.2, -0.15) is 0 Å². The second kappa shape index (κ2) is 7.33. The highest BCUT2D eigenvalue weighted by atomic mass is 32.1. The van der Waals surface area contributed by atoms with E-state index in [-0.39, 0.29) is 18.6 Å². The van der Waals surface area contributed by atoms with E-state index in [1.807, 2.05) is 35.2 Å². The molecule has 1 aliphatic heterocycles. The van der Waals surface area contributed by atoms with Gasteiger partial charge in [-0.1, -0.05) is 12.1 Å². The average Bonchev–Trinajstić information content (AvgIpc) is 3.32. The molecule has 0 spiro atoms. The summed E-state index contributed by atoms with van der Waals surface area (Å²) in [5, 5.41) is 1.02. The fourth-order valence-corrected chi connectivity index (χ4v) is 4.37. The van der Waals surface area contributed by atoms with Crippen molar-refractivity contribution in [2.45, 2.75) is 18.9 Å². The van der Waals surface area contributed by atoms with Crippen LogP contribution in [0.3, 0.4) is 0 Å². The lowest BCUT2D eigenvalue weighted by atomic mass is 10.2. The van der Waals surface area contributed by atoms with Crippen molar-refractivity contribution in [3.63, 3.8) is 0 Å². The van der Waals surface area contributed by atoms with Gasteiger partial charge in [0, 0.05) is 6.54 Å². The lowest BCUT2D eigenvalue weighted by molar-refractivity contribution is -0.134. The first kappa shape index (κ1) is 16.8. The predicted molar refractivity (Wildman–Crippen MR) is 102 cm³/mol. The number of ether oxygens (including phenoxy) is 2. The van der Waals surface area contributed by atoms with E-state index in [0.29, 0.717) is 5.75 Å². The lowest BCUT2D eigenvalue weighted by Gasteiger charge is -2.23. The van der Waals surface area contributed by atoms with Crippen LogP contribution >= 0.6 is 11.3 Å². The molecule has 0 N–H and O–H groups in total. The molecule has 26 heavy (non-hydrogen) atoms. The molecule has 0 aliphatic carbocycles. The van der Waals surface area contributed by atoms with Crippen LogP contribution in [0.5, 0.6) is 11.5 Å². The highest BCUT2D eigenvalue weighted by Gasteiger charge is 2.32. The second-order valence-corrected chi connectivity index (χ2v) is 7.29. The van der Waals surface area contributed by atoms with Gasteiger partial charge in [0.15, 0.2) is 6.61 Å². The third-order valence-corrected chi connectivity index (χ3v) is 5.73. The summed E-state index contributed by atoms with van der Waals surface area (Å²) in [7, 11) is 1.62. The minimum absolute atomic E-state index is 0.00238. The minimum Gasteiger partial charge on any atom is -0.497 e. The highest BCUT2D eigenvalue weighted by Crippen LogP contribution is 2.36. The van der Waals surface area contributed by atoms with Crippen molar-refractivity contribution in [2.24, 2.45) is 0 Å². The van der Waals surface area contributed by atoms with Crippen LogP contribution in [0.25, 0.3) is 10.2 Å². The number of amides is 1. The minimum atomic E-state index is 0.00238. The molecular weight excluding hydrogens is 348 g/mol. The Labute approximate surface area is 156 Å². The number of nitrogens with zero attached hydrogens (tertiary/aromatic N) is 2. The lowest BCUT2D eigenvalue weighted by Crippen LogP contribution is -2.34. The largest absolute Gasteiger partial charge is 0.497 e. The van der Waals surface area contributed by atoms with Crippen molar-refractivity contribution < 1.29 is 14.3 Å². The Kier molecular flexibility index (Phi) is 4.75. The molecule has 5 nitrogen and oxygen atoms in total. The van der Waals surface area contributed by atoms with Gasteiger partial charge in [0.2, 0.25) is 0 Å². The van der Waals surface area contributed by atoms with Crippen molar-refractivity contribution >= 4 is 27.5 Å². The number of likely N-dealkylation sites (tertiary alicyclic amines) is 1. The zero-order valence-electron chi connectivity index (χ0n) is 14.6. The number of carbonyl (C=O) groups is 1. The Hall–Kier alpha value is -2.60. The predicted octanol–water partition coefficient (Wildman–Crippen LogP) is 4.05. The van der Waals surface area contributed by atoms with Crippen LogP contribution in [0.4, 0.5) is 0 Å². The normalized spacial score (nSPS) is 16.8. The summed E-state index contributed by atoms with van der Waals surface area (Å²) in [4.78, 5) is 19.3. The van der Waals surface area contributed by atoms with E-state index in [9.17, 15) is 4.79 Å². The summed E-state index contributed by atoms with van der Waals surface area (Å²) in [6, 6.07) is 15.4. The van der Waals surface area contributed by atoms with E-state index in [1.165, 1.54) is 0 Å². The number of aromatic nitrogens is 1. The fourth-order valence-electron chi connectivity index (χ4n) is 3.25. The molecule has 1 aliphatic rings. The van der Waals surface area contributed by atoms with E-state index < -0.39 is 0 Å². The number of hydrogen-bond donors (Lipinski definition) is 0. The van der Waals surface area contributed by atoms with Gasteiger partial charge < -0.3 is 14.4 Å². The molecule has 0 bridgehead atoms. The number of thiazole rings is 1. The summed E-state index contributed by atoms with van der Waals surface area (Å²) in [5.74, 6) is 1.43. The molecule has 1 unspecified atom stereocenters. The molecule has 3 aromatic rings. The molecule has 0 radical (unpaired) electrons. The molecule has 4 rings (SSSR count). The first-order chi connectivity index (χ1) is 12.7. The van der Waals surface area contributed by atoms with Crippen LogP contribution in [0.2, 0.25) is 0 Å². The number of fused-ring (bicyclic) bond motifs is 1. The van der Waals surface area contributed by atoms with E-state index in [0.717, 1.165) is 40.4 Å². The van der Waals surface area contributed by atoms with E-state index in [4.69, 9.17) is 14.5 Å². The van der Waals surface area contributed by atoms with Gasteiger partial charge in [-0.3, -0.25) is 4.79 Å². The van der Waals surface area contributed by atoms with Crippen LogP contribution < -0.4 is 9.47 Å². The molecule has 1 amide bonds. The molecule has 1 aromatic heterocycles. The Morgan fingerprint density at radius 1 is 1.19 bits per heavy atom. The fraction of sp³-hybridized carbons (Fsp3) is 0.300. The third kappa shape index (κ3) is 3.37. The number of carbonyl (C=O) groups excluding carboxylic acids is 1. The summed E-state index contributed by atoms with van der Waals surface area (Å²) < 4.78 is 11.9. The van der Waals surface area contributed by atoms with Crippen LogP contribution in [0.1, 0.15) is 23.9 Å². The molecule has 134 valence electrons. The summed E-state index contributed by atoms with van der Waals surface area (Å²) in [6.45, 7) is 0.791. The summed E-state index contributed by atoms with van der Waals surface area (Å²) in [6.07, 6.45) is 1.95. The maximum Gasteiger partial charge on any atom is 0.261 e. The molecule has 1 saturated heterocycles. The quantitative estimate of drug-likeness (QED) is 0.682. The molecule has 2 heterocycles. The van der Waals surface area contributed by atoms with Crippen molar-refractivity contribution in [3.05, 3.63) is 53.5 Å². The molecular formula is C20H20N2O3S. The van der Waals surface area contributed by atoms with E-state index >= 15 is 0 Å². The molecule has 0 saturated carbocycles. The molecule has 1 atom stereocenters. The van der Waals surface area contributed by atoms with Gasteiger partial charge in [-0.15, -0.1) is 11.3 Å². The van der Waals surface area contributed by atoms with Crippen molar-refractivity contribution in [2.75, 3.05) is 20.3 Å². The number of methoxy groups -OCH3 is 1. The maximum atomic E-state index is 12.7. The second-order valence-electron chi connectivity index (χ2n) is 6.23. The number of para-hydroxylation sites is 1. The van der Waals surface area contributed by atoms with E-state index in [2.05, 4.69) is 6.07 Å². The molecule has 2 aromatic carbocycles. The smallest absolute Gasteiger partial charge is 0.261 e. The first-order valence-corrected chi connectivity index (χ1v) is 9.48. The van der Waals surface area contributed by atoms with Crippen molar-refractivity contribution in [3.8, 4) is 11.5 Å². The van der Waals surface area contributed by atoms with Gasteiger partial charge in [0.05, 0.1) is 23.4 Å². The number of rotatable bonds is 5. The Morgan fingerprint density at radius 3 is 2.73 bits per heavy atom. The van der Waals surface area contributed by atoms with Crippen LogP contribution in [-0.2, 0) is 4.79 Å². The highest BCUT2D eigenvalue weighted by molar-refractivity contribution is 7.18. The van der Waals surface area contributed by atoms with Gasteiger partial charge in [0.25, 0.3) is 5.91 Å². The maximum absolute atomic E-state index is 12.7. The first-order valence-electron chi connectivity index (χ1n) is 8.66. The van der Waals surface area contributed by atoms with Crippen LogP contribution in [0.15, 0.2) is 48.5 Å². The summed E-state index contributed by atoms with van der Waals surface area (Å²) in [5.41, 5.74) is 1.00. The topological polar surface area (TPSA) is 51.7 Å². The van der Waals surface area contributed by atoms with Gasteiger partial charge in [-0.25, -0.2) is 4.98 Å².